The number of fused-ring (bicyclic) bond motifs is 1. The third kappa shape index (κ3) is 3.95. The first-order valence-electron chi connectivity index (χ1n) is 7.39. The molecule has 0 amide bonds. The van der Waals surface area contributed by atoms with Gasteiger partial charge < -0.3 is 5.11 Å². The molecule has 2 N–H and O–H groups in total. The molecule has 0 radical (unpaired) electrons. The molecule has 0 aliphatic heterocycles. The van der Waals surface area contributed by atoms with Gasteiger partial charge in [-0.05, 0) is 35.7 Å². The average Bonchev–Trinajstić information content (AvgIpc) is 3.07. The van der Waals surface area contributed by atoms with Gasteiger partial charge in [-0.15, -0.1) is 5.10 Å². The van der Waals surface area contributed by atoms with Crippen LogP contribution in [0.2, 0.25) is 0 Å². The number of nitrogens with one attached hydrogen (secondary N) is 1. The number of H-pyrrole nitrogens is 1. The van der Waals surface area contributed by atoms with Crippen molar-refractivity contribution in [2.24, 2.45) is 0 Å². The Kier molecular flexibility index (Phi) is 4.64. The largest absolute Gasteiger partial charge is 0.508 e. The van der Waals surface area contributed by atoms with Crippen LogP contribution in [0, 0.1) is 0 Å². The van der Waals surface area contributed by atoms with Gasteiger partial charge in [-0.3, -0.25) is 5.10 Å². The Morgan fingerprint density at radius 1 is 0.783 bits per heavy atom. The molecule has 0 spiro atoms. The van der Waals surface area contributed by atoms with Gasteiger partial charge in [-0.25, -0.2) is 0 Å². The van der Waals surface area contributed by atoms with Gasteiger partial charge in [-0.2, -0.15) is 0 Å². The van der Waals surface area contributed by atoms with Crippen LogP contribution >= 0.6 is 0 Å². The minimum atomic E-state index is 0.322. The van der Waals surface area contributed by atoms with Crippen molar-refractivity contribution in [3.63, 3.8) is 0 Å². The highest BCUT2D eigenvalue weighted by atomic mass is 16.3. The van der Waals surface area contributed by atoms with E-state index in [1.807, 2.05) is 24.3 Å². The van der Waals surface area contributed by atoms with Crippen molar-refractivity contribution in [2.75, 3.05) is 0 Å². The highest BCUT2D eigenvalue weighted by molar-refractivity contribution is 5.77. The number of aromatic hydroxyl groups is 1. The molecule has 4 heteroatoms. The molecule has 0 atom stereocenters. The fourth-order valence-electron chi connectivity index (χ4n) is 2.31. The molecule has 23 heavy (non-hydrogen) atoms. The lowest BCUT2D eigenvalue weighted by atomic mass is 10.0. The number of nitrogens with zero attached hydrogens (tertiary/aromatic N) is 2. The lowest BCUT2D eigenvalue weighted by Gasteiger charge is -2.01. The van der Waals surface area contributed by atoms with Gasteiger partial charge in [0.25, 0.3) is 0 Å². The van der Waals surface area contributed by atoms with E-state index in [4.69, 9.17) is 5.11 Å². The SMILES string of the molecule is Oc1ccccc1.c1ccc(Cc2cccc3[nH]nnc23)cc1. The van der Waals surface area contributed by atoms with Crippen LogP contribution in [0.25, 0.3) is 11.0 Å². The van der Waals surface area contributed by atoms with Crippen molar-refractivity contribution in [2.45, 2.75) is 6.42 Å². The summed E-state index contributed by atoms with van der Waals surface area (Å²) in [5.74, 6) is 0.322. The normalized spacial score (nSPS) is 10.1. The maximum Gasteiger partial charge on any atom is 0.116 e. The van der Waals surface area contributed by atoms with Crippen LogP contribution < -0.4 is 0 Å². The highest BCUT2D eigenvalue weighted by Crippen LogP contribution is 2.17. The number of benzene rings is 3. The monoisotopic (exact) mass is 303 g/mol. The fourth-order valence-corrected chi connectivity index (χ4v) is 2.31. The first kappa shape index (κ1) is 14.8. The summed E-state index contributed by atoms with van der Waals surface area (Å²) in [5.41, 5.74) is 4.45. The van der Waals surface area contributed by atoms with Crippen LogP contribution in [0.5, 0.6) is 5.75 Å². The van der Waals surface area contributed by atoms with Crippen molar-refractivity contribution in [3.8, 4) is 5.75 Å². The first-order valence-corrected chi connectivity index (χ1v) is 7.39. The summed E-state index contributed by atoms with van der Waals surface area (Å²) in [6.07, 6.45) is 0.894. The number of hydrogen-bond donors (Lipinski definition) is 2. The molecule has 4 rings (SSSR count). The average molecular weight is 303 g/mol. The lowest BCUT2D eigenvalue weighted by molar-refractivity contribution is 0.475. The molecule has 0 unspecified atom stereocenters. The van der Waals surface area contributed by atoms with E-state index in [1.165, 1.54) is 11.1 Å². The zero-order valence-electron chi connectivity index (χ0n) is 12.6. The quantitative estimate of drug-likeness (QED) is 0.589. The Hall–Kier alpha value is -3.14. The third-order valence-electron chi connectivity index (χ3n) is 3.43. The van der Waals surface area contributed by atoms with Crippen LogP contribution in [-0.4, -0.2) is 20.5 Å². The molecule has 0 saturated heterocycles. The van der Waals surface area contributed by atoms with Crippen LogP contribution in [0.15, 0.2) is 78.9 Å². The van der Waals surface area contributed by atoms with Crippen molar-refractivity contribution in [1.29, 1.82) is 0 Å². The molecule has 0 bridgehead atoms. The Balaban J connectivity index is 0.000000188. The van der Waals surface area contributed by atoms with Gasteiger partial charge in [0.2, 0.25) is 0 Å². The van der Waals surface area contributed by atoms with E-state index in [0.717, 1.165) is 17.5 Å². The summed E-state index contributed by atoms with van der Waals surface area (Å²) in [4.78, 5) is 0. The number of aromatic nitrogens is 3. The molecule has 0 saturated carbocycles. The predicted octanol–water partition coefficient (Wildman–Crippen LogP) is 3.94. The Morgan fingerprint density at radius 2 is 1.48 bits per heavy atom. The summed E-state index contributed by atoms with van der Waals surface area (Å²) in [7, 11) is 0. The van der Waals surface area contributed by atoms with Crippen molar-refractivity contribution >= 4 is 11.0 Å². The Morgan fingerprint density at radius 3 is 2.13 bits per heavy atom. The summed E-state index contributed by atoms with van der Waals surface area (Å²) < 4.78 is 0. The second kappa shape index (κ2) is 7.22. The Bertz CT molecular complexity index is 857. The number of phenols is 1. The number of para-hydroxylation sites is 1. The molecule has 0 fully saturated rings. The number of aromatic amines is 1. The van der Waals surface area contributed by atoms with E-state index in [2.05, 4.69) is 45.7 Å². The molecule has 4 nitrogen and oxygen atoms in total. The minimum Gasteiger partial charge on any atom is -0.508 e. The molecular weight excluding hydrogens is 286 g/mol. The van der Waals surface area contributed by atoms with Crippen molar-refractivity contribution in [3.05, 3.63) is 90.0 Å². The summed E-state index contributed by atoms with van der Waals surface area (Å²) in [6.45, 7) is 0. The Labute approximate surface area is 134 Å². The standard InChI is InChI=1S/C13H11N3.C6H6O/c1-2-5-10(6-3-1)9-11-7-4-8-12-13(11)15-16-14-12;7-6-4-2-1-3-5-6/h1-8H,9H2,(H,14,15,16);1-5,7H. The van der Waals surface area contributed by atoms with Gasteiger partial charge in [0, 0.05) is 0 Å². The van der Waals surface area contributed by atoms with Gasteiger partial charge in [0.15, 0.2) is 0 Å². The summed E-state index contributed by atoms with van der Waals surface area (Å²) >= 11 is 0. The molecule has 114 valence electrons. The molecule has 4 aromatic rings. The first-order chi connectivity index (χ1) is 11.3. The fraction of sp³-hybridized carbons (Fsp3) is 0.0526. The minimum absolute atomic E-state index is 0.322. The van der Waals surface area contributed by atoms with E-state index in [-0.39, 0.29) is 0 Å². The van der Waals surface area contributed by atoms with Crippen LogP contribution in [-0.2, 0) is 6.42 Å². The van der Waals surface area contributed by atoms with Crippen molar-refractivity contribution in [1.82, 2.24) is 15.4 Å². The maximum absolute atomic E-state index is 8.63. The summed E-state index contributed by atoms with van der Waals surface area (Å²) in [5, 5.41) is 19.5. The van der Waals surface area contributed by atoms with Crippen LogP contribution in [0.3, 0.4) is 0 Å². The van der Waals surface area contributed by atoms with Gasteiger partial charge >= 0.3 is 0 Å². The van der Waals surface area contributed by atoms with Crippen LogP contribution in [0.1, 0.15) is 11.1 Å². The van der Waals surface area contributed by atoms with E-state index in [0.29, 0.717) is 5.75 Å². The van der Waals surface area contributed by atoms with Gasteiger partial charge in [-0.1, -0.05) is 65.9 Å². The van der Waals surface area contributed by atoms with E-state index < -0.39 is 0 Å². The molecule has 1 aromatic heterocycles. The molecule has 1 heterocycles. The third-order valence-corrected chi connectivity index (χ3v) is 3.43. The number of phenolic OH excluding ortho intramolecular Hbond substituents is 1. The van der Waals surface area contributed by atoms with Gasteiger partial charge in [0.1, 0.15) is 11.3 Å². The zero-order chi connectivity index (χ0) is 15.9. The number of rotatable bonds is 2. The molecule has 0 aliphatic carbocycles. The van der Waals surface area contributed by atoms with E-state index >= 15 is 0 Å². The molecule has 3 aromatic carbocycles. The summed E-state index contributed by atoms with van der Waals surface area (Å²) in [6, 6.07) is 25.2. The second-order valence-corrected chi connectivity index (χ2v) is 5.12. The topological polar surface area (TPSA) is 61.8 Å². The van der Waals surface area contributed by atoms with E-state index in [1.54, 1.807) is 24.3 Å². The highest BCUT2D eigenvalue weighted by Gasteiger charge is 2.04. The van der Waals surface area contributed by atoms with Gasteiger partial charge in [0.05, 0.1) is 5.52 Å². The molecule has 0 aliphatic rings. The predicted molar refractivity (Wildman–Crippen MR) is 91.2 cm³/mol. The smallest absolute Gasteiger partial charge is 0.116 e. The zero-order valence-corrected chi connectivity index (χ0v) is 12.6. The second-order valence-electron chi connectivity index (χ2n) is 5.12. The number of hydrogen-bond acceptors (Lipinski definition) is 3. The van der Waals surface area contributed by atoms with Crippen LogP contribution in [0.4, 0.5) is 0 Å². The maximum atomic E-state index is 8.63. The van der Waals surface area contributed by atoms with E-state index in [9.17, 15) is 0 Å². The lowest BCUT2D eigenvalue weighted by Crippen LogP contribution is -1.89. The molecular formula is C19H17N3O. The van der Waals surface area contributed by atoms with Crippen molar-refractivity contribution < 1.29 is 5.11 Å².